The van der Waals surface area contributed by atoms with E-state index in [1.54, 1.807) is 6.92 Å². The Hall–Kier alpha value is -2.75. The van der Waals surface area contributed by atoms with Crippen molar-refractivity contribution in [2.24, 2.45) is 0 Å². The monoisotopic (exact) mass is 350 g/mol. The first-order valence-electron chi connectivity index (χ1n) is 6.88. The maximum absolute atomic E-state index is 12.5. The molecule has 10 heteroatoms. The molecule has 1 aromatic carbocycles. The summed E-state index contributed by atoms with van der Waals surface area (Å²) in [6, 6.07) is 7.57. The van der Waals surface area contributed by atoms with Crippen molar-refractivity contribution in [3.8, 4) is 5.69 Å². The van der Waals surface area contributed by atoms with Gasteiger partial charge in [-0.1, -0.05) is 28.7 Å². The van der Waals surface area contributed by atoms with Crippen LogP contribution in [0.1, 0.15) is 33.2 Å². The maximum atomic E-state index is 12.5. The third kappa shape index (κ3) is 3.13. The molecule has 1 amide bonds. The van der Waals surface area contributed by atoms with Crippen molar-refractivity contribution in [3.63, 3.8) is 0 Å². The molecule has 2 heterocycles. The van der Waals surface area contributed by atoms with Gasteiger partial charge in [-0.15, -0.1) is 15.3 Å². The van der Waals surface area contributed by atoms with E-state index in [9.17, 15) is 13.6 Å². The first-order chi connectivity index (χ1) is 11.5. The van der Waals surface area contributed by atoms with E-state index in [-0.39, 0.29) is 10.8 Å². The second-order valence-electron chi connectivity index (χ2n) is 4.97. The minimum absolute atomic E-state index is 0.0141. The number of anilines is 1. The van der Waals surface area contributed by atoms with Crippen molar-refractivity contribution >= 4 is 22.4 Å². The molecule has 0 saturated heterocycles. The molecule has 0 fully saturated rings. The number of aryl methyl sites for hydroxylation is 1. The number of hydrogen-bond acceptors (Lipinski definition) is 6. The summed E-state index contributed by atoms with van der Waals surface area (Å²) in [5.41, 5.74) is 2.43. The fourth-order valence-corrected chi connectivity index (χ4v) is 2.67. The lowest BCUT2D eigenvalue weighted by Crippen LogP contribution is -2.14. The molecule has 0 unspecified atom stereocenters. The Morgan fingerprint density at radius 3 is 2.71 bits per heavy atom. The molecular weight excluding hydrogens is 338 g/mol. The highest BCUT2D eigenvalue weighted by Gasteiger charge is 2.20. The van der Waals surface area contributed by atoms with Crippen LogP contribution in [-0.4, -0.2) is 31.1 Å². The molecule has 0 aliphatic heterocycles. The summed E-state index contributed by atoms with van der Waals surface area (Å²) in [5.74, 6) is -0.580. The van der Waals surface area contributed by atoms with Crippen LogP contribution in [0.2, 0.25) is 0 Å². The van der Waals surface area contributed by atoms with E-state index >= 15 is 0 Å². The number of hydrogen-bond donors (Lipinski definition) is 1. The number of carbonyl (C=O) groups is 1. The summed E-state index contributed by atoms with van der Waals surface area (Å²) >= 11 is 0.616. The summed E-state index contributed by atoms with van der Waals surface area (Å²) < 4.78 is 26.5. The van der Waals surface area contributed by atoms with Gasteiger partial charge in [0, 0.05) is 0 Å². The predicted molar refractivity (Wildman–Crippen MR) is 83.7 cm³/mol. The van der Waals surface area contributed by atoms with Gasteiger partial charge in [0.1, 0.15) is 0 Å². The van der Waals surface area contributed by atoms with Crippen LogP contribution in [0.4, 0.5) is 13.9 Å². The van der Waals surface area contributed by atoms with Gasteiger partial charge >= 0.3 is 0 Å². The number of carbonyl (C=O) groups excluding carboxylic acids is 1. The van der Waals surface area contributed by atoms with Gasteiger partial charge in [0.2, 0.25) is 5.13 Å². The average molecular weight is 350 g/mol. The number of nitrogens with one attached hydrogen (secondary N) is 1. The minimum atomic E-state index is -2.72. The van der Waals surface area contributed by atoms with Crippen molar-refractivity contribution in [2.75, 3.05) is 5.32 Å². The van der Waals surface area contributed by atoms with E-state index < -0.39 is 17.3 Å². The molecule has 3 rings (SSSR count). The molecule has 0 radical (unpaired) electrons. The van der Waals surface area contributed by atoms with Crippen molar-refractivity contribution in [1.29, 1.82) is 0 Å². The lowest BCUT2D eigenvalue weighted by Gasteiger charge is -2.04. The number of amides is 1. The number of nitrogens with zero attached hydrogens (tertiary/aromatic N) is 5. The molecule has 7 nitrogen and oxygen atoms in total. The Balaban J connectivity index is 1.83. The zero-order chi connectivity index (χ0) is 17.3. The van der Waals surface area contributed by atoms with E-state index in [1.165, 1.54) is 4.68 Å². The summed E-state index contributed by atoms with van der Waals surface area (Å²) in [7, 11) is 0. The first-order valence-corrected chi connectivity index (χ1v) is 7.69. The van der Waals surface area contributed by atoms with Gasteiger partial charge in [-0.25, -0.2) is 13.5 Å². The zero-order valence-electron chi connectivity index (χ0n) is 12.7. The number of aromatic nitrogens is 5. The Morgan fingerprint density at radius 2 is 2.04 bits per heavy atom. The molecule has 24 heavy (non-hydrogen) atoms. The SMILES string of the molecule is Cc1cccc(-n2nnc(C(=O)Nc3nnc(C(F)F)s3)c2C)c1. The van der Waals surface area contributed by atoms with Crippen molar-refractivity contribution < 1.29 is 13.6 Å². The number of rotatable bonds is 4. The molecular formula is C14H12F2N6OS. The van der Waals surface area contributed by atoms with Gasteiger partial charge in [-0.3, -0.25) is 10.1 Å². The largest absolute Gasteiger partial charge is 0.295 e. The molecule has 3 aromatic rings. The molecule has 2 aromatic heterocycles. The van der Waals surface area contributed by atoms with Crippen LogP contribution in [0.3, 0.4) is 0 Å². The fraction of sp³-hybridized carbons (Fsp3) is 0.214. The van der Waals surface area contributed by atoms with E-state index in [2.05, 4.69) is 25.8 Å². The van der Waals surface area contributed by atoms with Gasteiger partial charge in [-0.2, -0.15) is 0 Å². The molecule has 0 spiro atoms. The number of benzene rings is 1. The normalized spacial score (nSPS) is 11.0. The van der Waals surface area contributed by atoms with E-state index in [0.29, 0.717) is 17.0 Å². The Labute approximate surface area is 139 Å². The smallest absolute Gasteiger partial charge is 0.291 e. The van der Waals surface area contributed by atoms with Crippen LogP contribution in [0.25, 0.3) is 5.69 Å². The van der Waals surface area contributed by atoms with E-state index in [4.69, 9.17) is 0 Å². The Bertz CT molecular complexity index is 891. The van der Waals surface area contributed by atoms with Crippen LogP contribution in [0.5, 0.6) is 0 Å². The topological polar surface area (TPSA) is 85.6 Å². The number of halogens is 2. The zero-order valence-corrected chi connectivity index (χ0v) is 13.5. The lowest BCUT2D eigenvalue weighted by atomic mass is 10.2. The third-order valence-electron chi connectivity index (χ3n) is 3.20. The van der Waals surface area contributed by atoms with Gasteiger partial charge < -0.3 is 0 Å². The first kappa shape index (κ1) is 16.1. The van der Waals surface area contributed by atoms with Crippen molar-refractivity contribution in [3.05, 3.63) is 46.2 Å². The summed E-state index contributed by atoms with van der Waals surface area (Å²) in [5, 5.41) is 16.6. The highest BCUT2D eigenvalue weighted by molar-refractivity contribution is 7.15. The highest BCUT2D eigenvalue weighted by atomic mass is 32.1. The second-order valence-corrected chi connectivity index (χ2v) is 5.98. The highest BCUT2D eigenvalue weighted by Crippen LogP contribution is 2.25. The second kappa shape index (κ2) is 6.40. The Morgan fingerprint density at radius 1 is 1.25 bits per heavy atom. The molecule has 0 aliphatic rings. The van der Waals surface area contributed by atoms with Gasteiger partial charge in [-0.05, 0) is 31.5 Å². The summed E-state index contributed by atoms with van der Waals surface area (Å²) in [6.07, 6.45) is -2.72. The molecule has 0 bridgehead atoms. The molecule has 0 saturated carbocycles. The molecule has 0 atom stereocenters. The van der Waals surface area contributed by atoms with E-state index in [1.807, 2.05) is 31.2 Å². The molecule has 0 aliphatic carbocycles. The predicted octanol–water partition coefficient (Wildman–Crippen LogP) is 2.93. The quantitative estimate of drug-likeness (QED) is 0.782. The summed E-state index contributed by atoms with van der Waals surface area (Å²) in [4.78, 5) is 12.3. The summed E-state index contributed by atoms with van der Waals surface area (Å²) in [6.45, 7) is 3.64. The van der Waals surface area contributed by atoms with Crippen LogP contribution in [0, 0.1) is 13.8 Å². The van der Waals surface area contributed by atoms with Crippen molar-refractivity contribution in [1.82, 2.24) is 25.2 Å². The van der Waals surface area contributed by atoms with Crippen molar-refractivity contribution in [2.45, 2.75) is 20.3 Å². The standard InChI is InChI=1S/C14H12F2N6OS/c1-7-4-3-5-9(6-7)22-8(2)10(18-21-22)12(23)17-14-20-19-13(24-14)11(15)16/h3-6,11H,1-2H3,(H,17,20,23). The number of alkyl halides is 2. The van der Waals surface area contributed by atoms with E-state index in [0.717, 1.165) is 11.3 Å². The van der Waals surface area contributed by atoms with Gasteiger partial charge in [0.15, 0.2) is 10.7 Å². The maximum Gasteiger partial charge on any atom is 0.291 e. The van der Waals surface area contributed by atoms with Crippen LogP contribution in [0.15, 0.2) is 24.3 Å². The molecule has 124 valence electrons. The lowest BCUT2D eigenvalue weighted by molar-refractivity contribution is 0.102. The van der Waals surface area contributed by atoms with Gasteiger partial charge in [0.25, 0.3) is 12.3 Å². The molecule has 1 N–H and O–H groups in total. The van der Waals surface area contributed by atoms with Crippen LogP contribution < -0.4 is 5.32 Å². The Kier molecular flexibility index (Phi) is 4.30. The minimum Gasteiger partial charge on any atom is -0.295 e. The van der Waals surface area contributed by atoms with Crippen LogP contribution in [-0.2, 0) is 0 Å². The third-order valence-corrected chi connectivity index (χ3v) is 4.05. The van der Waals surface area contributed by atoms with Crippen LogP contribution >= 0.6 is 11.3 Å². The average Bonchev–Trinajstić information content (AvgIpc) is 3.14. The fourth-order valence-electron chi connectivity index (χ4n) is 2.07. The van der Waals surface area contributed by atoms with Gasteiger partial charge in [0.05, 0.1) is 11.4 Å².